The molecule has 0 aliphatic carbocycles. The second-order valence-corrected chi connectivity index (χ2v) is 8.14. The van der Waals surface area contributed by atoms with Gasteiger partial charge in [-0.1, -0.05) is 17.7 Å². The molecule has 4 rings (SSSR count). The molecule has 1 amide bonds. The van der Waals surface area contributed by atoms with Gasteiger partial charge in [0.05, 0.1) is 5.02 Å². The molecule has 9 heteroatoms. The zero-order valence-corrected chi connectivity index (χ0v) is 18.5. The van der Waals surface area contributed by atoms with Gasteiger partial charge in [-0.15, -0.1) is 10.2 Å². The van der Waals surface area contributed by atoms with Crippen molar-refractivity contribution in [2.45, 2.75) is 19.8 Å². The molecule has 0 spiro atoms. The van der Waals surface area contributed by atoms with E-state index in [4.69, 9.17) is 11.6 Å². The Balaban J connectivity index is 1.26. The molecule has 32 heavy (non-hydrogen) atoms. The second kappa shape index (κ2) is 9.91. The van der Waals surface area contributed by atoms with Crippen LogP contribution in [0.3, 0.4) is 0 Å². The standard InChI is InChI=1S/C23H24ClFN6O/c1-16-8-9-26-21(14-16)27-20-5-6-22(29-28-20)30-10-12-31(13-11-30)23(32)7-3-17-2-4-19(25)18(24)15-17/h2,4-6,8-9,14-15H,3,7,10-13H2,1H3,(H,26,27,28). The van der Waals surface area contributed by atoms with Gasteiger partial charge in [0.1, 0.15) is 11.6 Å². The van der Waals surface area contributed by atoms with E-state index in [0.717, 1.165) is 22.8 Å². The van der Waals surface area contributed by atoms with Gasteiger partial charge in [-0.05, 0) is 60.9 Å². The third-order valence-electron chi connectivity index (χ3n) is 5.39. The molecule has 7 nitrogen and oxygen atoms in total. The van der Waals surface area contributed by atoms with Crippen molar-refractivity contribution in [3.8, 4) is 0 Å². The number of carbonyl (C=O) groups excluding carboxylic acids is 1. The summed E-state index contributed by atoms with van der Waals surface area (Å²) in [7, 11) is 0. The normalized spacial score (nSPS) is 13.8. The molecule has 1 fully saturated rings. The van der Waals surface area contributed by atoms with Gasteiger partial charge >= 0.3 is 0 Å². The van der Waals surface area contributed by atoms with Crippen LogP contribution in [0.15, 0.2) is 48.7 Å². The first-order valence-corrected chi connectivity index (χ1v) is 10.9. The molecular weight excluding hydrogens is 431 g/mol. The summed E-state index contributed by atoms with van der Waals surface area (Å²) in [5.41, 5.74) is 1.97. The van der Waals surface area contributed by atoms with E-state index in [9.17, 15) is 9.18 Å². The second-order valence-electron chi connectivity index (χ2n) is 7.74. The summed E-state index contributed by atoms with van der Waals surface area (Å²) in [6.45, 7) is 4.63. The summed E-state index contributed by atoms with van der Waals surface area (Å²) in [5.74, 6) is 1.77. The number of aryl methyl sites for hydroxylation is 2. The largest absolute Gasteiger partial charge is 0.352 e. The number of aromatic nitrogens is 3. The number of halogens is 2. The third-order valence-corrected chi connectivity index (χ3v) is 5.68. The molecule has 1 aliphatic heterocycles. The first kappa shape index (κ1) is 22.0. The van der Waals surface area contributed by atoms with Crippen LogP contribution < -0.4 is 10.2 Å². The number of nitrogens with zero attached hydrogens (tertiary/aromatic N) is 5. The van der Waals surface area contributed by atoms with Crippen molar-refractivity contribution >= 4 is 35.0 Å². The molecule has 3 aromatic rings. The molecule has 1 aliphatic rings. The van der Waals surface area contributed by atoms with Crippen LogP contribution in [0, 0.1) is 12.7 Å². The van der Waals surface area contributed by atoms with Gasteiger partial charge in [0.25, 0.3) is 0 Å². The molecule has 1 saturated heterocycles. The highest BCUT2D eigenvalue weighted by atomic mass is 35.5. The zero-order chi connectivity index (χ0) is 22.5. The average Bonchev–Trinajstić information content (AvgIpc) is 2.80. The summed E-state index contributed by atoms with van der Waals surface area (Å²) >= 11 is 5.81. The van der Waals surface area contributed by atoms with Crippen LogP contribution in [0.1, 0.15) is 17.5 Å². The summed E-state index contributed by atoms with van der Waals surface area (Å²) in [6.07, 6.45) is 2.65. The van der Waals surface area contributed by atoms with E-state index in [2.05, 4.69) is 25.4 Å². The van der Waals surface area contributed by atoms with Crippen LogP contribution in [0.5, 0.6) is 0 Å². The molecule has 166 valence electrons. The number of pyridine rings is 1. The minimum Gasteiger partial charge on any atom is -0.352 e. The van der Waals surface area contributed by atoms with E-state index >= 15 is 0 Å². The lowest BCUT2D eigenvalue weighted by Crippen LogP contribution is -2.49. The fraction of sp³-hybridized carbons (Fsp3) is 0.304. The summed E-state index contributed by atoms with van der Waals surface area (Å²) < 4.78 is 13.3. The Bertz CT molecular complexity index is 1090. The minimum absolute atomic E-state index is 0.0843. The predicted molar refractivity (Wildman–Crippen MR) is 123 cm³/mol. The number of rotatable bonds is 6. The van der Waals surface area contributed by atoms with Crippen molar-refractivity contribution in [3.63, 3.8) is 0 Å². The van der Waals surface area contributed by atoms with E-state index in [0.29, 0.717) is 44.8 Å². The first-order chi connectivity index (χ1) is 15.5. The Morgan fingerprint density at radius 2 is 1.88 bits per heavy atom. The zero-order valence-electron chi connectivity index (χ0n) is 17.8. The molecular formula is C23H24ClFN6O. The highest BCUT2D eigenvalue weighted by Crippen LogP contribution is 2.19. The van der Waals surface area contributed by atoms with E-state index in [-0.39, 0.29) is 10.9 Å². The number of hydrogen-bond donors (Lipinski definition) is 1. The molecule has 2 aromatic heterocycles. The van der Waals surface area contributed by atoms with Crippen LogP contribution in [0.4, 0.5) is 21.8 Å². The predicted octanol–water partition coefficient (Wildman–Crippen LogP) is 4.00. The summed E-state index contributed by atoms with van der Waals surface area (Å²) in [4.78, 5) is 20.8. The number of nitrogens with one attached hydrogen (secondary N) is 1. The number of anilines is 3. The van der Waals surface area contributed by atoms with Crippen molar-refractivity contribution in [1.82, 2.24) is 20.1 Å². The number of piperazine rings is 1. The van der Waals surface area contributed by atoms with Crippen LogP contribution in [0.25, 0.3) is 0 Å². The van der Waals surface area contributed by atoms with E-state index in [1.54, 1.807) is 18.3 Å². The van der Waals surface area contributed by atoms with Crippen LogP contribution in [-0.4, -0.2) is 52.2 Å². The Labute approximate surface area is 191 Å². The van der Waals surface area contributed by atoms with Gasteiger partial charge in [0.15, 0.2) is 11.6 Å². The van der Waals surface area contributed by atoms with Crippen LogP contribution >= 0.6 is 11.6 Å². The maximum atomic E-state index is 13.3. The Kier molecular flexibility index (Phi) is 6.80. The quantitative estimate of drug-likeness (QED) is 0.607. The fourth-order valence-corrected chi connectivity index (χ4v) is 3.79. The average molecular weight is 455 g/mol. The van der Waals surface area contributed by atoms with Gasteiger partial charge < -0.3 is 15.1 Å². The van der Waals surface area contributed by atoms with Crippen LogP contribution in [0.2, 0.25) is 5.02 Å². The van der Waals surface area contributed by atoms with Crippen molar-refractivity contribution < 1.29 is 9.18 Å². The van der Waals surface area contributed by atoms with Gasteiger partial charge in [-0.3, -0.25) is 4.79 Å². The van der Waals surface area contributed by atoms with E-state index in [1.807, 2.05) is 36.1 Å². The molecule has 0 bridgehead atoms. The maximum absolute atomic E-state index is 13.3. The topological polar surface area (TPSA) is 74.2 Å². The Morgan fingerprint density at radius 1 is 1.06 bits per heavy atom. The molecule has 1 N–H and O–H groups in total. The van der Waals surface area contributed by atoms with E-state index in [1.165, 1.54) is 6.07 Å². The van der Waals surface area contributed by atoms with Crippen molar-refractivity contribution in [1.29, 1.82) is 0 Å². The molecule has 0 atom stereocenters. The number of benzene rings is 1. The highest BCUT2D eigenvalue weighted by Gasteiger charge is 2.22. The first-order valence-electron chi connectivity index (χ1n) is 10.5. The molecule has 0 unspecified atom stereocenters. The monoisotopic (exact) mass is 454 g/mol. The number of hydrogen-bond acceptors (Lipinski definition) is 6. The highest BCUT2D eigenvalue weighted by molar-refractivity contribution is 6.30. The lowest BCUT2D eigenvalue weighted by Gasteiger charge is -2.35. The number of carbonyl (C=O) groups is 1. The Hall–Kier alpha value is -3.26. The van der Waals surface area contributed by atoms with Gasteiger partial charge in [0.2, 0.25) is 5.91 Å². The fourth-order valence-electron chi connectivity index (χ4n) is 3.59. The van der Waals surface area contributed by atoms with E-state index < -0.39 is 5.82 Å². The lowest BCUT2D eigenvalue weighted by atomic mass is 10.1. The smallest absolute Gasteiger partial charge is 0.223 e. The van der Waals surface area contributed by atoms with Crippen molar-refractivity contribution in [2.75, 3.05) is 36.4 Å². The maximum Gasteiger partial charge on any atom is 0.223 e. The summed E-state index contributed by atoms with van der Waals surface area (Å²) in [6, 6.07) is 12.2. The minimum atomic E-state index is -0.448. The summed E-state index contributed by atoms with van der Waals surface area (Å²) in [5, 5.41) is 11.8. The molecule has 1 aromatic carbocycles. The molecule has 0 radical (unpaired) electrons. The third kappa shape index (κ3) is 5.50. The molecule has 3 heterocycles. The van der Waals surface area contributed by atoms with Crippen molar-refractivity contribution in [3.05, 3.63) is 70.6 Å². The molecule has 0 saturated carbocycles. The van der Waals surface area contributed by atoms with Crippen LogP contribution in [-0.2, 0) is 11.2 Å². The SMILES string of the molecule is Cc1ccnc(Nc2ccc(N3CCN(C(=O)CCc4ccc(F)c(Cl)c4)CC3)nn2)c1. The van der Waals surface area contributed by atoms with Gasteiger partial charge in [-0.2, -0.15) is 0 Å². The number of amides is 1. The Morgan fingerprint density at radius 3 is 2.56 bits per heavy atom. The van der Waals surface area contributed by atoms with Gasteiger partial charge in [-0.25, -0.2) is 9.37 Å². The lowest BCUT2D eigenvalue weighted by molar-refractivity contribution is -0.131. The van der Waals surface area contributed by atoms with Gasteiger partial charge in [0, 0.05) is 38.8 Å². The van der Waals surface area contributed by atoms with Crippen molar-refractivity contribution in [2.24, 2.45) is 0 Å².